The van der Waals surface area contributed by atoms with Crippen LogP contribution in [-0.4, -0.2) is 86.9 Å². The number of rotatable bonds is 5. The number of carbonyl (C=O) groups is 2. The second-order valence-corrected chi connectivity index (χ2v) is 10.4. The molecule has 2 saturated heterocycles. The molecule has 1 unspecified atom stereocenters. The van der Waals surface area contributed by atoms with Crippen LogP contribution in [-0.2, 0) is 17.7 Å². The number of carbonyl (C=O) groups excluding carboxylic acids is 2. The number of nitrogens with zero attached hydrogens (tertiary/aromatic N) is 5. The van der Waals surface area contributed by atoms with E-state index in [0.717, 1.165) is 50.4 Å². The maximum atomic E-state index is 13.7. The summed E-state index contributed by atoms with van der Waals surface area (Å²) in [7, 11) is 0. The highest BCUT2D eigenvalue weighted by Gasteiger charge is 2.41. The summed E-state index contributed by atoms with van der Waals surface area (Å²) in [6.07, 6.45) is 2.92. The molecule has 5 heterocycles. The molecule has 2 aromatic heterocycles. The number of urea groups is 1. The van der Waals surface area contributed by atoms with E-state index in [1.54, 1.807) is 6.07 Å². The lowest BCUT2D eigenvalue weighted by atomic mass is 9.97. The van der Waals surface area contributed by atoms with Crippen molar-refractivity contribution in [3.8, 4) is 0 Å². The second kappa shape index (κ2) is 10.2. The summed E-state index contributed by atoms with van der Waals surface area (Å²) < 4.78 is 10.7. The fourth-order valence-corrected chi connectivity index (χ4v) is 5.58. The van der Waals surface area contributed by atoms with Crippen LogP contribution in [0.25, 0.3) is 0 Å². The molecule has 3 aliphatic rings. The Kier molecular flexibility index (Phi) is 7.03. The monoisotopic (exact) mass is 499 g/mol. The molecule has 3 atom stereocenters. The van der Waals surface area contributed by atoms with E-state index in [4.69, 9.17) is 9.26 Å². The molecule has 2 fully saturated rings. The lowest BCUT2D eigenvalue weighted by Crippen LogP contribution is -2.60. The number of aromatic amines is 1. The number of aromatic nitrogens is 3. The summed E-state index contributed by atoms with van der Waals surface area (Å²) in [5.74, 6) is 0.835. The van der Waals surface area contributed by atoms with Gasteiger partial charge in [-0.05, 0) is 46.0 Å². The average molecular weight is 500 g/mol. The fourth-order valence-electron chi connectivity index (χ4n) is 5.58. The number of aryl methyl sites for hydroxylation is 1. The van der Waals surface area contributed by atoms with Crippen LogP contribution in [0.2, 0.25) is 0 Å². The standard InChI is InChI=1S/C25H37N7O4/c1-5-19-10-21(36-29-19)24(33)26-23-20-14-32(17(4)22(20)27-28-23)25(34)31-12-15(2)30(11-16(31)3)13-18-6-8-35-9-7-18/h10,15-18H,5-9,11-14H2,1-4H3,(H2,26,27,28,33)/t15-,16+,17?/m1/s1. The summed E-state index contributed by atoms with van der Waals surface area (Å²) in [5.41, 5.74) is 2.40. The van der Waals surface area contributed by atoms with Crippen molar-refractivity contribution >= 4 is 17.8 Å². The van der Waals surface area contributed by atoms with Gasteiger partial charge >= 0.3 is 6.03 Å². The minimum atomic E-state index is -0.406. The van der Waals surface area contributed by atoms with Crippen molar-refractivity contribution in [3.05, 3.63) is 28.8 Å². The van der Waals surface area contributed by atoms with Crippen LogP contribution in [0.3, 0.4) is 0 Å². The first-order valence-corrected chi connectivity index (χ1v) is 13.1. The molecular formula is C25H37N7O4. The summed E-state index contributed by atoms with van der Waals surface area (Å²) in [6.45, 7) is 13.0. The maximum Gasteiger partial charge on any atom is 0.321 e. The van der Waals surface area contributed by atoms with Gasteiger partial charge < -0.3 is 24.4 Å². The molecule has 0 bridgehead atoms. The second-order valence-electron chi connectivity index (χ2n) is 10.4. The van der Waals surface area contributed by atoms with E-state index in [-0.39, 0.29) is 23.9 Å². The molecule has 196 valence electrons. The number of ether oxygens (including phenoxy) is 1. The molecule has 2 N–H and O–H groups in total. The van der Waals surface area contributed by atoms with Crippen LogP contribution in [0, 0.1) is 5.92 Å². The number of anilines is 1. The normalized spacial score (nSPS) is 25.3. The van der Waals surface area contributed by atoms with Crippen LogP contribution >= 0.6 is 0 Å². The molecular weight excluding hydrogens is 462 g/mol. The molecule has 36 heavy (non-hydrogen) atoms. The summed E-state index contributed by atoms with van der Waals surface area (Å²) in [5, 5.41) is 14.0. The first-order valence-electron chi connectivity index (χ1n) is 13.1. The van der Waals surface area contributed by atoms with Crippen molar-refractivity contribution in [1.29, 1.82) is 0 Å². The molecule has 0 radical (unpaired) electrons. The highest BCUT2D eigenvalue weighted by molar-refractivity contribution is 6.02. The highest BCUT2D eigenvalue weighted by atomic mass is 16.5. The third-order valence-corrected chi connectivity index (χ3v) is 7.93. The zero-order valence-electron chi connectivity index (χ0n) is 21.6. The van der Waals surface area contributed by atoms with E-state index in [1.165, 1.54) is 0 Å². The van der Waals surface area contributed by atoms with Gasteiger partial charge in [0.05, 0.1) is 24.0 Å². The zero-order chi connectivity index (χ0) is 25.4. The summed E-state index contributed by atoms with van der Waals surface area (Å²) in [4.78, 5) is 32.7. The van der Waals surface area contributed by atoms with Crippen LogP contribution in [0.1, 0.15) is 74.1 Å². The third-order valence-electron chi connectivity index (χ3n) is 7.93. The van der Waals surface area contributed by atoms with Gasteiger partial charge in [0.1, 0.15) is 0 Å². The van der Waals surface area contributed by atoms with Crippen molar-refractivity contribution in [2.75, 3.05) is 38.2 Å². The average Bonchev–Trinajstić information content (AvgIpc) is 3.59. The van der Waals surface area contributed by atoms with Gasteiger partial charge in [0.25, 0.3) is 5.91 Å². The number of hydrogen-bond donors (Lipinski definition) is 2. The van der Waals surface area contributed by atoms with E-state index in [1.807, 2.05) is 23.6 Å². The van der Waals surface area contributed by atoms with E-state index < -0.39 is 5.91 Å². The maximum absolute atomic E-state index is 13.7. The van der Waals surface area contributed by atoms with Gasteiger partial charge in [0, 0.05) is 56.6 Å². The molecule has 0 aliphatic carbocycles. The largest absolute Gasteiger partial charge is 0.381 e. The Balaban J connectivity index is 1.22. The minimum absolute atomic E-state index is 0.0252. The number of hydrogen-bond acceptors (Lipinski definition) is 7. The Labute approximate surface area is 211 Å². The molecule has 2 aromatic rings. The number of piperazine rings is 1. The SMILES string of the molecule is CCc1cc(C(=O)Nc2n[nH]c3c2CN(C(=O)N2C[C@@H](C)N(CC4CCOCC4)C[C@@H]2C)C3C)on1. The van der Waals surface area contributed by atoms with Crippen LogP contribution < -0.4 is 5.32 Å². The molecule has 11 nitrogen and oxygen atoms in total. The Morgan fingerprint density at radius 2 is 1.92 bits per heavy atom. The van der Waals surface area contributed by atoms with Crippen LogP contribution in [0.4, 0.5) is 10.6 Å². The van der Waals surface area contributed by atoms with E-state index in [2.05, 4.69) is 39.4 Å². The third kappa shape index (κ3) is 4.73. The highest BCUT2D eigenvalue weighted by Crippen LogP contribution is 2.37. The van der Waals surface area contributed by atoms with Gasteiger partial charge in [-0.3, -0.25) is 14.8 Å². The lowest BCUT2D eigenvalue weighted by Gasteiger charge is -2.46. The van der Waals surface area contributed by atoms with Gasteiger partial charge in [-0.15, -0.1) is 0 Å². The van der Waals surface area contributed by atoms with Crippen LogP contribution in [0.15, 0.2) is 10.6 Å². The fraction of sp³-hybridized carbons (Fsp3) is 0.680. The molecule has 5 rings (SSSR count). The van der Waals surface area contributed by atoms with Crippen molar-refractivity contribution in [2.24, 2.45) is 5.92 Å². The molecule has 0 saturated carbocycles. The smallest absolute Gasteiger partial charge is 0.321 e. The summed E-state index contributed by atoms with van der Waals surface area (Å²) in [6, 6.07) is 1.92. The first-order chi connectivity index (χ1) is 17.4. The van der Waals surface area contributed by atoms with Crippen molar-refractivity contribution in [3.63, 3.8) is 0 Å². The van der Waals surface area contributed by atoms with Gasteiger partial charge in [0.2, 0.25) is 5.76 Å². The molecule has 11 heteroatoms. The predicted molar refractivity (Wildman–Crippen MR) is 133 cm³/mol. The topological polar surface area (TPSA) is 120 Å². The number of H-pyrrole nitrogens is 1. The Bertz CT molecular complexity index is 1090. The Morgan fingerprint density at radius 3 is 2.64 bits per heavy atom. The lowest BCUT2D eigenvalue weighted by molar-refractivity contribution is 0.0127. The first kappa shape index (κ1) is 24.8. The van der Waals surface area contributed by atoms with Crippen molar-refractivity contribution < 1.29 is 18.8 Å². The Morgan fingerprint density at radius 1 is 1.14 bits per heavy atom. The van der Waals surface area contributed by atoms with Crippen LogP contribution in [0.5, 0.6) is 0 Å². The van der Waals surface area contributed by atoms with Crippen molar-refractivity contribution in [2.45, 2.75) is 71.6 Å². The quantitative estimate of drug-likeness (QED) is 0.649. The number of amides is 3. The number of nitrogens with one attached hydrogen (secondary N) is 2. The zero-order valence-corrected chi connectivity index (χ0v) is 21.6. The van der Waals surface area contributed by atoms with Gasteiger partial charge in [-0.2, -0.15) is 5.10 Å². The van der Waals surface area contributed by atoms with Gasteiger partial charge in [0.15, 0.2) is 5.82 Å². The molecule has 3 aliphatic heterocycles. The number of fused-ring (bicyclic) bond motifs is 1. The van der Waals surface area contributed by atoms with Gasteiger partial charge in [-0.25, -0.2) is 4.79 Å². The molecule has 0 aromatic carbocycles. The molecule has 3 amide bonds. The summed E-state index contributed by atoms with van der Waals surface area (Å²) >= 11 is 0. The van der Waals surface area contributed by atoms with E-state index in [9.17, 15) is 9.59 Å². The van der Waals surface area contributed by atoms with E-state index in [0.29, 0.717) is 43.0 Å². The van der Waals surface area contributed by atoms with Crippen molar-refractivity contribution in [1.82, 2.24) is 30.1 Å². The Hall–Kier alpha value is -2.92. The molecule has 0 spiro atoms. The minimum Gasteiger partial charge on any atom is -0.381 e. The van der Waals surface area contributed by atoms with E-state index >= 15 is 0 Å². The van der Waals surface area contributed by atoms with Gasteiger partial charge in [-0.1, -0.05) is 12.1 Å². The predicted octanol–water partition coefficient (Wildman–Crippen LogP) is 3.03.